The quantitative estimate of drug-likeness (QED) is 0.491. The summed E-state index contributed by atoms with van der Waals surface area (Å²) in [7, 11) is 0. The third-order valence-electron chi connectivity index (χ3n) is 3.50. The van der Waals surface area contributed by atoms with Gasteiger partial charge in [0, 0.05) is 27.8 Å². The van der Waals surface area contributed by atoms with Gasteiger partial charge in [0.1, 0.15) is 11.6 Å². The van der Waals surface area contributed by atoms with Gasteiger partial charge in [-0.25, -0.2) is 4.98 Å². The van der Waals surface area contributed by atoms with Gasteiger partial charge in [0.2, 0.25) is 0 Å². The predicted octanol–water partition coefficient (Wildman–Crippen LogP) is 3.88. The molecule has 4 nitrogen and oxygen atoms in total. The number of phenolic OH excluding ortho intramolecular Hbond substituents is 1. The first-order valence-corrected chi connectivity index (χ1v) is 6.77. The molecule has 0 bridgehead atoms. The highest BCUT2D eigenvalue weighted by Crippen LogP contribution is 2.30. The van der Waals surface area contributed by atoms with Gasteiger partial charge in [0.05, 0.1) is 0 Å². The van der Waals surface area contributed by atoms with Crippen LogP contribution in [0, 0.1) is 13.8 Å². The number of aromatic hydroxyl groups is 1. The number of fused-ring (bicyclic) bond motifs is 1. The Morgan fingerprint density at radius 2 is 1.86 bits per heavy atom. The predicted molar refractivity (Wildman–Crippen MR) is 87.0 cm³/mol. The lowest BCUT2D eigenvalue weighted by Gasteiger charge is -2.13. The Kier molecular flexibility index (Phi) is 3.14. The van der Waals surface area contributed by atoms with Gasteiger partial charge in [-0.05, 0) is 49.7 Å². The molecule has 0 amide bonds. The van der Waals surface area contributed by atoms with Crippen LogP contribution in [0.1, 0.15) is 11.3 Å². The van der Waals surface area contributed by atoms with E-state index in [4.69, 9.17) is 5.73 Å². The number of benzene rings is 2. The minimum Gasteiger partial charge on any atom is -0.508 e. The van der Waals surface area contributed by atoms with Crippen LogP contribution in [0.15, 0.2) is 42.5 Å². The fourth-order valence-corrected chi connectivity index (χ4v) is 2.44. The number of hydrogen-bond donors (Lipinski definition) is 3. The van der Waals surface area contributed by atoms with Crippen molar-refractivity contribution in [3.8, 4) is 5.75 Å². The van der Waals surface area contributed by atoms with E-state index < -0.39 is 0 Å². The molecule has 0 aliphatic rings. The maximum atomic E-state index is 9.50. The van der Waals surface area contributed by atoms with E-state index in [1.54, 1.807) is 12.1 Å². The zero-order chi connectivity index (χ0) is 15.0. The van der Waals surface area contributed by atoms with E-state index in [-0.39, 0.29) is 5.75 Å². The third-order valence-corrected chi connectivity index (χ3v) is 3.50. The number of aromatic nitrogens is 1. The molecule has 0 saturated carbocycles. The summed E-state index contributed by atoms with van der Waals surface area (Å²) in [6.07, 6.45) is 0. The molecular weight excluding hydrogens is 262 g/mol. The Labute approximate surface area is 123 Å². The van der Waals surface area contributed by atoms with Gasteiger partial charge in [0.15, 0.2) is 0 Å². The van der Waals surface area contributed by atoms with E-state index in [0.29, 0.717) is 0 Å². The van der Waals surface area contributed by atoms with Crippen LogP contribution in [0.5, 0.6) is 5.75 Å². The monoisotopic (exact) mass is 279 g/mol. The van der Waals surface area contributed by atoms with Crippen LogP contribution in [0.2, 0.25) is 0 Å². The van der Waals surface area contributed by atoms with Crippen molar-refractivity contribution in [3.63, 3.8) is 0 Å². The Morgan fingerprint density at radius 1 is 1.05 bits per heavy atom. The van der Waals surface area contributed by atoms with Gasteiger partial charge in [0.25, 0.3) is 0 Å². The molecule has 0 aliphatic carbocycles. The largest absolute Gasteiger partial charge is 0.508 e. The van der Waals surface area contributed by atoms with Crippen LogP contribution in [-0.4, -0.2) is 10.1 Å². The second-order valence-corrected chi connectivity index (χ2v) is 5.18. The molecule has 0 unspecified atom stereocenters. The lowest BCUT2D eigenvalue weighted by atomic mass is 10.1. The number of pyridine rings is 1. The lowest BCUT2D eigenvalue weighted by molar-refractivity contribution is 0.475. The second kappa shape index (κ2) is 4.98. The molecule has 0 saturated heterocycles. The molecule has 1 heterocycles. The minimum absolute atomic E-state index is 0.254. The number of hydrogen-bond acceptors (Lipinski definition) is 4. The number of anilines is 3. The van der Waals surface area contributed by atoms with Gasteiger partial charge in [-0.2, -0.15) is 0 Å². The van der Waals surface area contributed by atoms with E-state index in [1.807, 2.05) is 44.2 Å². The van der Waals surface area contributed by atoms with Crippen LogP contribution in [0.3, 0.4) is 0 Å². The summed E-state index contributed by atoms with van der Waals surface area (Å²) in [6.45, 7) is 3.88. The number of nitrogen functional groups attached to an aromatic ring is 1. The lowest BCUT2D eigenvalue weighted by Crippen LogP contribution is -1.99. The van der Waals surface area contributed by atoms with Gasteiger partial charge in [-0.15, -0.1) is 0 Å². The van der Waals surface area contributed by atoms with Gasteiger partial charge in [-0.1, -0.05) is 12.1 Å². The van der Waals surface area contributed by atoms with Crippen molar-refractivity contribution in [1.82, 2.24) is 4.98 Å². The molecule has 0 spiro atoms. The van der Waals surface area contributed by atoms with Crippen molar-refractivity contribution in [2.75, 3.05) is 11.1 Å². The van der Waals surface area contributed by atoms with Crippen molar-refractivity contribution < 1.29 is 5.11 Å². The van der Waals surface area contributed by atoms with Gasteiger partial charge < -0.3 is 16.2 Å². The average Bonchev–Trinajstić information content (AvgIpc) is 2.43. The zero-order valence-electron chi connectivity index (χ0n) is 12.0. The standard InChI is InChI=1S/C17H17N3O/c1-10-8-12(21)6-7-16(10)20-17-13-4-3-5-15(18)14(13)9-11(2)19-17/h3-9,21H,18H2,1-2H3,(H,19,20). The fraction of sp³-hybridized carbons (Fsp3) is 0.118. The Morgan fingerprint density at radius 3 is 2.62 bits per heavy atom. The molecule has 3 aromatic rings. The third kappa shape index (κ3) is 2.48. The molecular formula is C17H17N3O. The molecule has 0 aliphatic heterocycles. The molecule has 1 aromatic heterocycles. The highest BCUT2D eigenvalue weighted by Gasteiger charge is 2.08. The second-order valence-electron chi connectivity index (χ2n) is 5.18. The van der Waals surface area contributed by atoms with Crippen LogP contribution in [-0.2, 0) is 0 Å². The minimum atomic E-state index is 0.254. The Hall–Kier alpha value is -2.75. The van der Waals surface area contributed by atoms with Gasteiger partial charge >= 0.3 is 0 Å². The summed E-state index contributed by atoms with van der Waals surface area (Å²) in [5.41, 5.74) is 9.56. The molecule has 4 heteroatoms. The first-order valence-electron chi connectivity index (χ1n) is 6.77. The normalized spacial score (nSPS) is 10.8. The zero-order valence-corrected chi connectivity index (χ0v) is 12.0. The summed E-state index contributed by atoms with van der Waals surface area (Å²) in [6, 6.07) is 13.0. The molecule has 21 heavy (non-hydrogen) atoms. The highest BCUT2D eigenvalue weighted by atomic mass is 16.3. The Balaban J connectivity index is 2.14. The number of phenols is 1. The number of rotatable bonds is 2. The van der Waals surface area contributed by atoms with E-state index in [1.165, 1.54) is 0 Å². The maximum absolute atomic E-state index is 9.50. The van der Waals surface area contributed by atoms with E-state index in [0.717, 1.165) is 39.2 Å². The van der Waals surface area contributed by atoms with Crippen molar-refractivity contribution in [2.24, 2.45) is 0 Å². The van der Waals surface area contributed by atoms with Crippen molar-refractivity contribution in [2.45, 2.75) is 13.8 Å². The SMILES string of the molecule is Cc1cc2c(N)cccc2c(Nc2ccc(O)cc2C)n1. The van der Waals surface area contributed by atoms with E-state index >= 15 is 0 Å². The van der Waals surface area contributed by atoms with Crippen LogP contribution in [0.4, 0.5) is 17.2 Å². The van der Waals surface area contributed by atoms with Crippen LogP contribution >= 0.6 is 0 Å². The molecule has 106 valence electrons. The summed E-state index contributed by atoms with van der Waals surface area (Å²) < 4.78 is 0. The maximum Gasteiger partial charge on any atom is 0.138 e. The molecule has 0 atom stereocenters. The molecule has 2 aromatic carbocycles. The molecule has 3 rings (SSSR count). The summed E-state index contributed by atoms with van der Waals surface area (Å²) in [5.74, 6) is 1.02. The average molecular weight is 279 g/mol. The molecule has 0 fully saturated rings. The summed E-state index contributed by atoms with van der Waals surface area (Å²) >= 11 is 0. The number of nitrogens with one attached hydrogen (secondary N) is 1. The molecule has 4 N–H and O–H groups in total. The van der Waals surface area contributed by atoms with Crippen LogP contribution < -0.4 is 11.1 Å². The molecule has 0 radical (unpaired) electrons. The Bertz CT molecular complexity index is 828. The van der Waals surface area contributed by atoms with E-state index in [2.05, 4.69) is 10.3 Å². The first kappa shape index (κ1) is 13.2. The number of nitrogens with two attached hydrogens (primary N) is 1. The first-order chi connectivity index (χ1) is 10.0. The van der Waals surface area contributed by atoms with Gasteiger partial charge in [-0.3, -0.25) is 0 Å². The summed E-state index contributed by atoms with van der Waals surface area (Å²) in [5, 5.41) is 14.8. The van der Waals surface area contributed by atoms with Crippen molar-refractivity contribution in [1.29, 1.82) is 0 Å². The summed E-state index contributed by atoms with van der Waals surface area (Å²) in [4.78, 5) is 4.57. The van der Waals surface area contributed by atoms with Crippen LogP contribution in [0.25, 0.3) is 10.8 Å². The number of aryl methyl sites for hydroxylation is 2. The topological polar surface area (TPSA) is 71.2 Å². The van der Waals surface area contributed by atoms with Crippen molar-refractivity contribution >= 4 is 28.0 Å². The smallest absolute Gasteiger partial charge is 0.138 e. The highest BCUT2D eigenvalue weighted by molar-refractivity contribution is 6.00. The number of nitrogens with zero attached hydrogens (tertiary/aromatic N) is 1. The van der Waals surface area contributed by atoms with Crippen molar-refractivity contribution in [3.05, 3.63) is 53.7 Å². The fourth-order valence-electron chi connectivity index (χ4n) is 2.44. The van der Waals surface area contributed by atoms with E-state index in [9.17, 15) is 5.11 Å².